The molecule has 21 heavy (non-hydrogen) atoms. The van der Waals surface area contributed by atoms with E-state index in [1.54, 1.807) is 0 Å². The molecule has 0 saturated heterocycles. The highest BCUT2D eigenvalue weighted by Crippen LogP contribution is 2.27. The average Bonchev–Trinajstić information content (AvgIpc) is 2.49. The number of aromatic hydroxyl groups is 1. The third-order valence-electron chi connectivity index (χ3n) is 3.91. The number of benzene rings is 1. The number of hydrogen-bond donors (Lipinski definition) is 3. The molecule has 2 atom stereocenters. The topological polar surface area (TPSA) is 75.3 Å². The van der Waals surface area contributed by atoms with E-state index in [-0.39, 0.29) is 12.0 Å². The lowest BCUT2D eigenvalue weighted by Gasteiger charge is -2.31. The van der Waals surface area contributed by atoms with Gasteiger partial charge in [-0.3, -0.25) is 4.79 Å². The van der Waals surface area contributed by atoms with Gasteiger partial charge in [-0.15, -0.1) is 0 Å². The van der Waals surface area contributed by atoms with Crippen LogP contribution in [0.25, 0.3) is 0 Å². The summed E-state index contributed by atoms with van der Waals surface area (Å²) < 4.78 is 39.9. The van der Waals surface area contributed by atoms with E-state index in [2.05, 4.69) is 5.32 Å². The molecular formula is C14H17F3N2O2. The number of hydrogen-bond acceptors (Lipinski definition) is 3. The van der Waals surface area contributed by atoms with Gasteiger partial charge in [0, 0.05) is 6.04 Å². The predicted molar refractivity (Wildman–Crippen MR) is 70.2 cm³/mol. The van der Waals surface area contributed by atoms with Gasteiger partial charge in [0.2, 0.25) is 5.82 Å². The van der Waals surface area contributed by atoms with Gasteiger partial charge in [0.15, 0.2) is 17.4 Å². The van der Waals surface area contributed by atoms with E-state index in [0.717, 1.165) is 19.3 Å². The summed E-state index contributed by atoms with van der Waals surface area (Å²) in [6, 6.07) is 0.214. The number of phenols is 1. The van der Waals surface area contributed by atoms with Gasteiger partial charge in [-0.25, -0.2) is 8.78 Å². The monoisotopic (exact) mass is 302 g/mol. The molecule has 0 heterocycles. The van der Waals surface area contributed by atoms with Crippen molar-refractivity contribution in [2.24, 2.45) is 11.7 Å². The maximum absolute atomic E-state index is 13.7. The number of amides is 1. The van der Waals surface area contributed by atoms with Crippen LogP contribution in [0.2, 0.25) is 0 Å². The summed E-state index contributed by atoms with van der Waals surface area (Å²) in [7, 11) is 0. The third kappa shape index (κ3) is 3.12. The van der Waals surface area contributed by atoms with Crippen molar-refractivity contribution in [1.82, 2.24) is 5.32 Å². The van der Waals surface area contributed by atoms with Crippen molar-refractivity contribution in [3.8, 4) is 5.75 Å². The number of halogens is 3. The van der Waals surface area contributed by atoms with Gasteiger partial charge in [0.25, 0.3) is 5.91 Å². The first-order valence-electron chi connectivity index (χ1n) is 6.83. The number of rotatable bonds is 3. The summed E-state index contributed by atoms with van der Waals surface area (Å²) in [5.41, 5.74) is 4.92. The molecule has 1 aromatic rings. The van der Waals surface area contributed by atoms with Crippen LogP contribution in [0.15, 0.2) is 6.07 Å². The largest absolute Gasteiger partial charge is 0.503 e. The second kappa shape index (κ2) is 6.34. The van der Waals surface area contributed by atoms with Gasteiger partial charge in [-0.2, -0.15) is 4.39 Å². The van der Waals surface area contributed by atoms with Gasteiger partial charge >= 0.3 is 0 Å². The zero-order chi connectivity index (χ0) is 15.6. The number of nitrogens with two attached hydrogens (primary N) is 1. The molecule has 1 aliphatic carbocycles. The van der Waals surface area contributed by atoms with Crippen LogP contribution in [0.1, 0.15) is 36.0 Å². The minimum atomic E-state index is -1.71. The Kier molecular flexibility index (Phi) is 4.72. The maximum atomic E-state index is 13.7. The number of carbonyl (C=O) groups excluding carboxylic acids is 1. The van der Waals surface area contributed by atoms with Gasteiger partial charge in [0.1, 0.15) is 0 Å². The van der Waals surface area contributed by atoms with Crippen molar-refractivity contribution in [2.75, 3.05) is 6.54 Å². The lowest BCUT2D eigenvalue weighted by atomic mass is 9.84. The molecule has 0 bridgehead atoms. The summed E-state index contributed by atoms with van der Waals surface area (Å²) in [5, 5.41) is 11.7. The van der Waals surface area contributed by atoms with Crippen LogP contribution in [0, 0.1) is 23.4 Å². The fraction of sp³-hybridized carbons (Fsp3) is 0.500. The Balaban J connectivity index is 2.20. The Morgan fingerprint density at radius 1 is 1.29 bits per heavy atom. The molecule has 1 fully saturated rings. The molecule has 1 aromatic carbocycles. The van der Waals surface area contributed by atoms with E-state index in [0.29, 0.717) is 19.0 Å². The summed E-state index contributed by atoms with van der Waals surface area (Å²) in [6.45, 7) is 0.385. The first-order chi connectivity index (χ1) is 9.95. The lowest BCUT2D eigenvalue weighted by Crippen LogP contribution is -2.45. The number of carbonyl (C=O) groups is 1. The second-order valence-corrected chi connectivity index (χ2v) is 5.24. The predicted octanol–water partition coefficient (Wildman–Crippen LogP) is 2.06. The fourth-order valence-corrected chi connectivity index (χ4v) is 2.68. The van der Waals surface area contributed by atoms with Gasteiger partial charge in [0.05, 0.1) is 5.56 Å². The van der Waals surface area contributed by atoms with E-state index in [1.807, 2.05) is 0 Å². The normalized spacial score (nSPS) is 22.1. The summed E-state index contributed by atoms with van der Waals surface area (Å²) in [6.07, 6.45) is 3.47. The van der Waals surface area contributed by atoms with Crippen LogP contribution >= 0.6 is 0 Å². The zero-order valence-electron chi connectivity index (χ0n) is 11.3. The van der Waals surface area contributed by atoms with Crippen molar-refractivity contribution in [2.45, 2.75) is 31.7 Å². The van der Waals surface area contributed by atoms with Crippen LogP contribution in [0.3, 0.4) is 0 Å². The highest BCUT2D eigenvalue weighted by Gasteiger charge is 2.28. The van der Waals surface area contributed by atoms with Gasteiger partial charge in [-0.05, 0) is 31.4 Å². The molecule has 0 spiro atoms. The molecule has 2 rings (SSSR count). The summed E-state index contributed by atoms with van der Waals surface area (Å²) in [4.78, 5) is 12.0. The van der Waals surface area contributed by atoms with Crippen molar-refractivity contribution >= 4 is 5.91 Å². The molecule has 0 aromatic heterocycles. The number of phenolic OH excluding ortho intramolecular Hbond substituents is 1. The third-order valence-corrected chi connectivity index (χ3v) is 3.91. The molecule has 2 unspecified atom stereocenters. The molecule has 1 saturated carbocycles. The highest BCUT2D eigenvalue weighted by molar-refractivity contribution is 5.95. The molecule has 1 aliphatic rings. The van der Waals surface area contributed by atoms with E-state index in [9.17, 15) is 18.0 Å². The minimum Gasteiger partial charge on any atom is -0.503 e. The molecule has 4 N–H and O–H groups in total. The fourth-order valence-electron chi connectivity index (χ4n) is 2.68. The first kappa shape index (κ1) is 15.6. The Bertz CT molecular complexity index is 552. The van der Waals surface area contributed by atoms with Gasteiger partial charge in [-0.1, -0.05) is 12.8 Å². The van der Waals surface area contributed by atoms with Crippen molar-refractivity contribution in [1.29, 1.82) is 0 Å². The molecular weight excluding hydrogens is 285 g/mol. The molecule has 116 valence electrons. The van der Waals surface area contributed by atoms with E-state index >= 15 is 0 Å². The SMILES string of the molecule is NCC1CCCCC1NC(=O)c1cc(F)c(F)c(O)c1F. The zero-order valence-corrected chi connectivity index (χ0v) is 11.3. The Morgan fingerprint density at radius 2 is 1.95 bits per heavy atom. The van der Waals surface area contributed by atoms with E-state index in [4.69, 9.17) is 10.8 Å². The lowest BCUT2D eigenvalue weighted by molar-refractivity contribution is 0.0902. The molecule has 0 radical (unpaired) electrons. The Labute approximate surface area is 120 Å². The Morgan fingerprint density at radius 3 is 2.62 bits per heavy atom. The highest BCUT2D eigenvalue weighted by atomic mass is 19.2. The van der Waals surface area contributed by atoms with Crippen LogP contribution in [-0.2, 0) is 0 Å². The molecule has 4 nitrogen and oxygen atoms in total. The molecule has 7 heteroatoms. The van der Waals surface area contributed by atoms with Gasteiger partial charge < -0.3 is 16.2 Å². The van der Waals surface area contributed by atoms with Crippen LogP contribution < -0.4 is 11.1 Å². The van der Waals surface area contributed by atoms with E-state index < -0.39 is 34.7 Å². The number of nitrogens with one attached hydrogen (secondary N) is 1. The standard InChI is InChI=1S/C14H17F3N2O2/c15-9-5-8(11(16)13(20)12(9)17)14(21)19-10-4-2-1-3-7(10)6-18/h5,7,10,20H,1-4,6,18H2,(H,19,21). The minimum absolute atomic E-state index is 0.0738. The van der Waals surface area contributed by atoms with Crippen molar-refractivity contribution in [3.63, 3.8) is 0 Å². The second-order valence-electron chi connectivity index (χ2n) is 5.24. The van der Waals surface area contributed by atoms with Crippen LogP contribution in [0.5, 0.6) is 5.75 Å². The van der Waals surface area contributed by atoms with Crippen LogP contribution in [-0.4, -0.2) is 23.6 Å². The maximum Gasteiger partial charge on any atom is 0.254 e. The molecule has 1 amide bonds. The molecule has 0 aliphatic heterocycles. The average molecular weight is 302 g/mol. The van der Waals surface area contributed by atoms with Crippen molar-refractivity contribution in [3.05, 3.63) is 29.1 Å². The Hall–Kier alpha value is -1.76. The van der Waals surface area contributed by atoms with E-state index in [1.165, 1.54) is 0 Å². The van der Waals surface area contributed by atoms with Crippen molar-refractivity contribution < 1.29 is 23.1 Å². The summed E-state index contributed by atoms with van der Waals surface area (Å²) >= 11 is 0. The summed E-state index contributed by atoms with van der Waals surface area (Å²) in [5.74, 6) is -6.94. The van der Waals surface area contributed by atoms with Crippen LogP contribution in [0.4, 0.5) is 13.2 Å². The quantitative estimate of drug-likeness (QED) is 0.748. The first-order valence-corrected chi connectivity index (χ1v) is 6.83. The smallest absolute Gasteiger partial charge is 0.254 e.